The highest BCUT2D eigenvalue weighted by Gasteiger charge is 2.53. The minimum Gasteiger partial charge on any atom is -0.491 e. The highest BCUT2D eigenvalue weighted by Crippen LogP contribution is 2.31. The van der Waals surface area contributed by atoms with Crippen LogP contribution in [0.3, 0.4) is 0 Å². The molecule has 1 aromatic carbocycles. The molecular formula is C28H36N2O11. The zero-order chi connectivity index (χ0) is 30.3. The van der Waals surface area contributed by atoms with Crippen molar-refractivity contribution >= 4 is 23.9 Å². The maximum Gasteiger partial charge on any atom is 0.303 e. The zero-order valence-electron chi connectivity index (χ0n) is 24.2. The molecule has 0 unspecified atom stereocenters. The molecule has 1 fully saturated rings. The van der Waals surface area contributed by atoms with Gasteiger partial charge in [-0.3, -0.25) is 23.9 Å². The summed E-state index contributed by atoms with van der Waals surface area (Å²) in [5, 5.41) is 4.50. The average molecular weight is 577 g/mol. The molecule has 0 saturated carbocycles. The van der Waals surface area contributed by atoms with Crippen molar-refractivity contribution in [2.45, 2.75) is 91.8 Å². The Balaban J connectivity index is 1.88. The molecule has 13 heteroatoms. The summed E-state index contributed by atoms with van der Waals surface area (Å²) < 4.78 is 40.7. The van der Waals surface area contributed by atoms with Crippen molar-refractivity contribution in [3.05, 3.63) is 41.6 Å². The summed E-state index contributed by atoms with van der Waals surface area (Å²) in [4.78, 5) is 47.5. The van der Waals surface area contributed by atoms with E-state index in [2.05, 4.69) is 5.10 Å². The fourth-order valence-corrected chi connectivity index (χ4v) is 4.22. The van der Waals surface area contributed by atoms with Crippen LogP contribution < -0.4 is 9.47 Å². The van der Waals surface area contributed by atoms with Crippen LogP contribution in [0.25, 0.3) is 0 Å². The number of carbonyl (C=O) groups excluding carboxylic acids is 4. The largest absolute Gasteiger partial charge is 0.491 e. The maximum atomic E-state index is 12.0. The zero-order valence-corrected chi connectivity index (χ0v) is 24.2. The highest BCUT2D eigenvalue weighted by atomic mass is 16.7. The van der Waals surface area contributed by atoms with Crippen molar-refractivity contribution < 1.29 is 52.3 Å². The smallest absolute Gasteiger partial charge is 0.303 e. The topological polar surface area (TPSA) is 151 Å². The molecule has 1 aliphatic heterocycles. The first-order chi connectivity index (χ1) is 19.3. The first-order valence-electron chi connectivity index (χ1n) is 13.1. The second-order valence-corrected chi connectivity index (χ2v) is 9.78. The van der Waals surface area contributed by atoms with Gasteiger partial charge in [0, 0.05) is 39.5 Å². The number of benzene rings is 1. The predicted molar refractivity (Wildman–Crippen MR) is 141 cm³/mol. The number of hydrogen-bond donors (Lipinski definition) is 0. The fraction of sp³-hybridized carbons (Fsp3) is 0.536. The number of carbonyl (C=O) groups is 4. The fourth-order valence-electron chi connectivity index (χ4n) is 4.22. The number of hydrogen-bond acceptors (Lipinski definition) is 12. The van der Waals surface area contributed by atoms with Crippen LogP contribution in [-0.2, 0) is 49.4 Å². The van der Waals surface area contributed by atoms with Crippen LogP contribution >= 0.6 is 0 Å². The number of aryl methyl sites for hydroxylation is 1. The van der Waals surface area contributed by atoms with Crippen molar-refractivity contribution in [2.24, 2.45) is 0 Å². The van der Waals surface area contributed by atoms with Gasteiger partial charge in [0.25, 0.3) is 0 Å². The molecular weight excluding hydrogens is 540 g/mol. The Labute approximate surface area is 237 Å². The third kappa shape index (κ3) is 9.20. The van der Waals surface area contributed by atoms with Gasteiger partial charge in [-0.05, 0) is 38.5 Å². The summed E-state index contributed by atoms with van der Waals surface area (Å²) in [5.41, 5.74) is 1.72. The van der Waals surface area contributed by atoms with E-state index in [0.717, 1.165) is 37.8 Å². The molecule has 5 atom stereocenters. The minimum absolute atomic E-state index is 0.0603. The van der Waals surface area contributed by atoms with Crippen LogP contribution in [-0.4, -0.2) is 77.1 Å². The molecule has 0 aliphatic carbocycles. The number of rotatable bonds is 11. The Hall–Kier alpha value is -4.13. The quantitative estimate of drug-likeness (QED) is 0.285. The van der Waals surface area contributed by atoms with Gasteiger partial charge in [-0.2, -0.15) is 0 Å². The lowest BCUT2D eigenvalue weighted by atomic mass is 9.98. The van der Waals surface area contributed by atoms with Gasteiger partial charge in [0.05, 0.1) is 12.6 Å². The van der Waals surface area contributed by atoms with Crippen molar-refractivity contribution in [1.82, 2.24) is 9.78 Å². The number of ether oxygens (including phenoxy) is 7. The second kappa shape index (κ2) is 14.0. The SMILES string of the molecule is CC(=O)OC[C@H]1O[C@@H](Oc2cc(C)n(Cc3ccc(OC(C)C)cc3)n2)[C@H](OC(C)=O)[C@@H](OC(C)=O)[C@@H]1OC(C)=O. The number of esters is 4. The molecule has 1 aromatic heterocycles. The molecule has 0 bridgehead atoms. The van der Waals surface area contributed by atoms with Gasteiger partial charge >= 0.3 is 23.9 Å². The van der Waals surface area contributed by atoms with E-state index >= 15 is 0 Å². The summed E-state index contributed by atoms with van der Waals surface area (Å²) >= 11 is 0. The van der Waals surface area contributed by atoms with Gasteiger partial charge in [0.2, 0.25) is 18.3 Å². The summed E-state index contributed by atoms with van der Waals surface area (Å²) in [5.74, 6) is -1.91. The van der Waals surface area contributed by atoms with Crippen molar-refractivity contribution in [3.63, 3.8) is 0 Å². The van der Waals surface area contributed by atoms with Crippen LogP contribution in [0.4, 0.5) is 0 Å². The van der Waals surface area contributed by atoms with E-state index in [1.165, 1.54) is 6.92 Å². The normalized spacial score (nSPS) is 22.0. The molecule has 1 aliphatic rings. The van der Waals surface area contributed by atoms with Gasteiger partial charge in [-0.1, -0.05) is 12.1 Å². The van der Waals surface area contributed by atoms with E-state index in [4.69, 9.17) is 33.2 Å². The second-order valence-electron chi connectivity index (χ2n) is 9.78. The van der Waals surface area contributed by atoms with Crippen LogP contribution in [0.1, 0.15) is 52.8 Å². The van der Waals surface area contributed by atoms with Crippen molar-refractivity contribution in [2.75, 3.05) is 6.61 Å². The van der Waals surface area contributed by atoms with Crippen LogP contribution in [0, 0.1) is 6.92 Å². The molecule has 0 radical (unpaired) electrons. The molecule has 13 nitrogen and oxygen atoms in total. The Bertz CT molecular complexity index is 1220. The lowest BCUT2D eigenvalue weighted by Crippen LogP contribution is -2.63. The van der Waals surface area contributed by atoms with E-state index in [-0.39, 0.29) is 18.6 Å². The molecule has 224 valence electrons. The highest BCUT2D eigenvalue weighted by molar-refractivity contribution is 5.68. The Morgan fingerprint density at radius 1 is 0.878 bits per heavy atom. The average Bonchev–Trinajstić information content (AvgIpc) is 3.20. The van der Waals surface area contributed by atoms with E-state index in [1.54, 1.807) is 10.7 Å². The van der Waals surface area contributed by atoms with Gasteiger partial charge in [0.1, 0.15) is 18.5 Å². The molecule has 3 rings (SSSR count). The first kappa shape index (κ1) is 31.4. The monoisotopic (exact) mass is 576 g/mol. The van der Waals surface area contributed by atoms with E-state index in [1.807, 2.05) is 45.0 Å². The van der Waals surface area contributed by atoms with Crippen molar-refractivity contribution in [3.8, 4) is 11.6 Å². The summed E-state index contributed by atoms with van der Waals surface area (Å²) in [7, 11) is 0. The third-order valence-corrected chi connectivity index (χ3v) is 5.77. The lowest BCUT2D eigenvalue weighted by molar-refractivity contribution is -0.289. The molecule has 0 spiro atoms. The lowest BCUT2D eigenvalue weighted by Gasteiger charge is -2.43. The van der Waals surface area contributed by atoms with E-state index in [9.17, 15) is 19.2 Å². The van der Waals surface area contributed by atoms with Gasteiger partial charge in [-0.25, -0.2) is 0 Å². The summed E-state index contributed by atoms with van der Waals surface area (Å²) in [6.45, 7) is 10.5. The third-order valence-electron chi connectivity index (χ3n) is 5.77. The standard InChI is InChI=1S/C28H36N2O11/c1-15(2)36-22-10-8-21(9-11-22)13-30-16(3)12-24(29-30)41-28-27(39-20(7)34)26(38-19(6)33)25(37-18(5)32)23(40-28)14-35-17(4)31/h8-12,15,23,25-28H,13-14H2,1-7H3/t23-,25-,26+,27-,28+/m1/s1. The van der Waals surface area contributed by atoms with Crippen LogP contribution in [0.2, 0.25) is 0 Å². The first-order valence-corrected chi connectivity index (χ1v) is 13.1. The predicted octanol–water partition coefficient (Wildman–Crippen LogP) is 2.49. The summed E-state index contributed by atoms with van der Waals surface area (Å²) in [6.07, 6.45) is -6.40. The molecule has 2 heterocycles. The Morgan fingerprint density at radius 3 is 2.02 bits per heavy atom. The molecule has 1 saturated heterocycles. The van der Waals surface area contributed by atoms with Crippen LogP contribution in [0.5, 0.6) is 11.6 Å². The van der Waals surface area contributed by atoms with Crippen LogP contribution in [0.15, 0.2) is 30.3 Å². The Kier molecular flexibility index (Phi) is 10.7. The minimum atomic E-state index is -1.37. The van der Waals surface area contributed by atoms with Crippen molar-refractivity contribution in [1.29, 1.82) is 0 Å². The summed E-state index contributed by atoms with van der Waals surface area (Å²) in [6, 6.07) is 9.27. The number of nitrogens with zero attached hydrogens (tertiary/aromatic N) is 2. The number of aromatic nitrogens is 2. The van der Waals surface area contributed by atoms with Gasteiger partial charge in [0.15, 0.2) is 12.2 Å². The maximum absolute atomic E-state index is 12.0. The van der Waals surface area contributed by atoms with E-state index < -0.39 is 54.6 Å². The van der Waals surface area contributed by atoms with Gasteiger partial charge < -0.3 is 33.2 Å². The molecule has 2 aromatic rings. The van der Waals surface area contributed by atoms with E-state index in [0.29, 0.717) is 6.54 Å². The molecule has 41 heavy (non-hydrogen) atoms. The Morgan fingerprint density at radius 2 is 1.46 bits per heavy atom. The van der Waals surface area contributed by atoms with Gasteiger partial charge in [-0.15, -0.1) is 5.10 Å². The molecule has 0 N–H and O–H groups in total. The molecule has 0 amide bonds.